The largest absolute Gasteiger partial charge is 0.381 e. The summed E-state index contributed by atoms with van der Waals surface area (Å²) in [4.78, 5) is 18.5. The van der Waals surface area contributed by atoms with Crippen LogP contribution in [0.4, 0.5) is 0 Å². The molecule has 1 aliphatic rings. The minimum Gasteiger partial charge on any atom is -0.381 e. The van der Waals surface area contributed by atoms with Crippen LogP contribution in [0.3, 0.4) is 0 Å². The molecule has 0 radical (unpaired) electrons. The van der Waals surface area contributed by atoms with Gasteiger partial charge in [0.05, 0.1) is 10.7 Å². The number of carbonyl (C=O) groups is 1. The van der Waals surface area contributed by atoms with Crippen molar-refractivity contribution < 1.29 is 9.53 Å². The molecule has 4 nitrogen and oxygen atoms in total. The maximum Gasteiger partial charge on any atom is 0.220 e. The van der Waals surface area contributed by atoms with E-state index in [-0.39, 0.29) is 11.9 Å². The Kier molecular flexibility index (Phi) is 9.06. The van der Waals surface area contributed by atoms with E-state index in [0.29, 0.717) is 12.3 Å². The summed E-state index contributed by atoms with van der Waals surface area (Å²) in [7, 11) is 0. The molecule has 1 aromatic heterocycles. The first kappa shape index (κ1) is 21.4. The Morgan fingerprint density at radius 1 is 1.23 bits per heavy atom. The molecule has 1 N–H and O–H groups in total. The van der Waals surface area contributed by atoms with Crippen LogP contribution in [0.15, 0.2) is 0 Å². The summed E-state index contributed by atoms with van der Waals surface area (Å²) in [6, 6.07) is 0.287. The minimum absolute atomic E-state index is 0.165. The van der Waals surface area contributed by atoms with Crippen molar-refractivity contribution in [1.82, 2.24) is 10.3 Å². The Hall–Kier alpha value is -0.940. The molecule has 1 unspecified atom stereocenters. The highest BCUT2D eigenvalue weighted by Gasteiger charge is 2.24. The van der Waals surface area contributed by atoms with Crippen molar-refractivity contribution in [1.29, 1.82) is 0 Å². The van der Waals surface area contributed by atoms with Crippen molar-refractivity contribution in [2.75, 3.05) is 13.2 Å². The van der Waals surface area contributed by atoms with Crippen LogP contribution in [0.25, 0.3) is 0 Å². The first-order valence-electron chi connectivity index (χ1n) is 10.4. The van der Waals surface area contributed by atoms with Gasteiger partial charge in [-0.2, -0.15) is 0 Å². The molecular weight excluding hydrogens is 344 g/mol. The number of rotatable bonds is 10. The number of amides is 1. The molecule has 1 saturated heterocycles. The first-order chi connectivity index (χ1) is 12.6. The van der Waals surface area contributed by atoms with Gasteiger partial charge in [0, 0.05) is 37.0 Å². The van der Waals surface area contributed by atoms with E-state index in [1.165, 1.54) is 17.7 Å². The Balaban J connectivity index is 1.82. The van der Waals surface area contributed by atoms with E-state index in [4.69, 9.17) is 9.72 Å². The first-order valence-corrected chi connectivity index (χ1v) is 11.2. The fourth-order valence-electron chi connectivity index (χ4n) is 3.79. The maximum atomic E-state index is 12.4. The van der Waals surface area contributed by atoms with Gasteiger partial charge < -0.3 is 10.1 Å². The predicted octanol–water partition coefficient (Wildman–Crippen LogP) is 4.68. The highest BCUT2D eigenvalue weighted by atomic mass is 32.1. The third kappa shape index (κ3) is 6.34. The van der Waals surface area contributed by atoms with Crippen molar-refractivity contribution in [3.63, 3.8) is 0 Å². The van der Waals surface area contributed by atoms with Gasteiger partial charge in [-0.1, -0.05) is 33.6 Å². The van der Waals surface area contributed by atoms with Crippen LogP contribution >= 0.6 is 11.3 Å². The number of ether oxygens (including phenoxy) is 1. The van der Waals surface area contributed by atoms with Crippen LogP contribution in [-0.4, -0.2) is 30.1 Å². The third-order valence-electron chi connectivity index (χ3n) is 5.75. The van der Waals surface area contributed by atoms with Gasteiger partial charge in [-0.05, 0) is 44.4 Å². The number of aromatic nitrogens is 1. The average molecular weight is 381 g/mol. The molecule has 1 fully saturated rings. The predicted molar refractivity (Wildman–Crippen MR) is 109 cm³/mol. The summed E-state index contributed by atoms with van der Waals surface area (Å²) < 4.78 is 5.44. The molecule has 26 heavy (non-hydrogen) atoms. The molecular formula is C21H36N2O2S. The number of thiazole rings is 1. The van der Waals surface area contributed by atoms with Crippen LogP contribution in [0, 0.1) is 18.8 Å². The monoisotopic (exact) mass is 380 g/mol. The molecule has 5 heteroatoms. The summed E-state index contributed by atoms with van der Waals surface area (Å²) in [6.07, 6.45) is 7.97. The minimum atomic E-state index is 0.165. The second-order valence-electron chi connectivity index (χ2n) is 7.53. The fourth-order valence-corrected chi connectivity index (χ4v) is 4.98. The number of hydrogen-bond donors (Lipinski definition) is 1. The van der Waals surface area contributed by atoms with Crippen LogP contribution in [0.5, 0.6) is 0 Å². The molecule has 1 aliphatic heterocycles. The lowest BCUT2D eigenvalue weighted by Gasteiger charge is -2.30. The zero-order valence-electron chi connectivity index (χ0n) is 17.0. The van der Waals surface area contributed by atoms with Crippen molar-refractivity contribution in [3.05, 3.63) is 15.6 Å². The topological polar surface area (TPSA) is 51.2 Å². The van der Waals surface area contributed by atoms with E-state index in [2.05, 4.69) is 33.0 Å². The van der Waals surface area contributed by atoms with E-state index in [1.807, 2.05) is 0 Å². The molecule has 148 valence electrons. The highest BCUT2D eigenvalue weighted by Crippen LogP contribution is 2.25. The van der Waals surface area contributed by atoms with Gasteiger partial charge >= 0.3 is 0 Å². The van der Waals surface area contributed by atoms with E-state index in [1.54, 1.807) is 11.3 Å². The van der Waals surface area contributed by atoms with E-state index in [9.17, 15) is 4.79 Å². The molecule has 1 amide bonds. The van der Waals surface area contributed by atoms with E-state index < -0.39 is 0 Å². The standard InChI is InChI=1S/C21H36N2O2S/c1-5-16(6-2)14-19-15(4)22-21(26-19)9-8-20(24)23-18(7-3)17-10-12-25-13-11-17/h16-18H,5-14H2,1-4H3,(H,23,24). The Bertz CT molecular complexity index is 548. The van der Waals surface area contributed by atoms with Crippen LogP contribution in [-0.2, 0) is 22.4 Å². The van der Waals surface area contributed by atoms with Crippen molar-refractivity contribution in [2.45, 2.75) is 85.1 Å². The Morgan fingerprint density at radius 2 is 1.92 bits per heavy atom. The number of carbonyl (C=O) groups excluding carboxylic acids is 1. The third-order valence-corrected chi connectivity index (χ3v) is 6.99. The van der Waals surface area contributed by atoms with Crippen LogP contribution < -0.4 is 5.32 Å². The van der Waals surface area contributed by atoms with E-state index in [0.717, 1.165) is 61.9 Å². The zero-order chi connectivity index (χ0) is 18.9. The summed E-state index contributed by atoms with van der Waals surface area (Å²) in [5, 5.41) is 4.37. The average Bonchev–Trinajstić information content (AvgIpc) is 3.02. The normalized spacial score (nSPS) is 16.8. The highest BCUT2D eigenvalue weighted by molar-refractivity contribution is 7.11. The Morgan fingerprint density at radius 3 is 2.54 bits per heavy atom. The van der Waals surface area contributed by atoms with Gasteiger partial charge in [-0.15, -0.1) is 11.3 Å². The van der Waals surface area contributed by atoms with Crippen molar-refractivity contribution >= 4 is 17.2 Å². The number of hydrogen-bond acceptors (Lipinski definition) is 4. The van der Waals surface area contributed by atoms with Gasteiger partial charge in [0.1, 0.15) is 0 Å². The maximum absolute atomic E-state index is 12.4. The van der Waals surface area contributed by atoms with Gasteiger partial charge in [0.25, 0.3) is 0 Å². The second-order valence-corrected chi connectivity index (χ2v) is 8.70. The number of nitrogens with zero attached hydrogens (tertiary/aromatic N) is 1. The fraction of sp³-hybridized carbons (Fsp3) is 0.810. The lowest BCUT2D eigenvalue weighted by atomic mass is 9.90. The smallest absolute Gasteiger partial charge is 0.220 e. The second kappa shape index (κ2) is 11.0. The van der Waals surface area contributed by atoms with Crippen LogP contribution in [0.1, 0.15) is 74.9 Å². The Labute approximate surface area is 163 Å². The van der Waals surface area contributed by atoms with Gasteiger partial charge in [0.15, 0.2) is 0 Å². The molecule has 0 spiro atoms. The molecule has 1 aromatic rings. The number of aryl methyl sites for hydroxylation is 2. The van der Waals surface area contributed by atoms with Gasteiger partial charge in [-0.3, -0.25) is 4.79 Å². The van der Waals surface area contributed by atoms with Gasteiger partial charge in [-0.25, -0.2) is 4.98 Å². The summed E-state index contributed by atoms with van der Waals surface area (Å²) in [5.41, 5.74) is 1.16. The summed E-state index contributed by atoms with van der Waals surface area (Å²) >= 11 is 1.81. The number of nitrogens with one attached hydrogen (secondary N) is 1. The van der Waals surface area contributed by atoms with Crippen molar-refractivity contribution in [3.8, 4) is 0 Å². The SMILES string of the molecule is CCC(CC)Cc1sc(CCC(=O)NC(CC)C2CCOCC2)nc1C. The summed E-state index contributed by atoms with van der Waals surface area (Å²) in [6.45, 7) is 10.4. The lowest BCUT2D eigenvalue weighted by molar-refractivity contribution is -0.122. The lowest BCUT2D eigenvalue weighted by Crippen LogP contribution is -2.42. The molecule has 0 bridgehead atoms. The van der Waals surface area contributed by atoms with Crippen LogP contribution in [0.2, 0.25) is 0 Å². The molecule has 2 rings (SSSR count). The molecule has 0 aliphatic carbocycles. The summed E-state index contributed by atoms with van der Waals surface area (Å²) in [5.74, 6) is 1.47. The molecule has 1 atom stereocenters. The molecule has 0 saturated carbocycles. The van der Waals surface area contributed by atoms with E-state index >= 15 is 0 Å². The van der Waals surface area contributed by atoms with Crippen molar-refractivity contribution in [2.24, 2.45) is 11.8 Å². The van der Waals surface area contributed by atoms with Gasteiger partial charge in [0.2, 0.25) is 5.91 Å². The molecule has 2 heterocycles. The quantitative estimate of drug-likeness (QED) is 0.641. The molecule has 0 aromatic carbocycles. The zero-order valence-corrected chi connectivity index (χ0v) is 17.8.